The summed E-state index contributed by atoms with van der Waals surface area (Å²) < 4.78 is 1.14. The maximum Gasteiger partial charge on any atom is 0.337 e. The van der Waals surface area contributed by atoms with Gasteiger partial charge in [-0.2, -0.15) is 0 Å². The third-order valence-corrected chi connectivity index (χ3v) is 4.30. The lowest BCUT2D eigenvalue weighted by Gasteiger charge is -2.16. The molecule has 20 heavy (non-hydrogen) atoms. The Morgan fingerprint density at radius 2 is 2.00 bits per heavy atom. The number of carbonyl (C=O) groups excluding carboxylic acids is 1. The van der Waals surface area contributed by atoms with Gasteiger partial charge in [0.1, 0.15) is 0 Å². The van der Waals surface area contributed by atoms with Crippen molar-refractivity contribution in [3.63, 3.8) is 0 Å². The van der Waals surface area contributed by atoms with Crippen LogP contribution in [0.3, 0.4) is 0 Å². The van der Waals surface area contributed by atoms with Gasteiger partial charge in [0.15, 0.2) is 0 Å². The molecule has 1 aromatic carbocycles. The fourth-order valence-electron chi connectivity index (χ4n) is 1.94. The van der Waals surface area contributed by atoms with Crippen molar-refractivity contribution in [2.75, 3.05) is 5.32 Å². The normalized spacial score (nSPS) is 15.6. The van der Waals surface area contributed by atoms with Crippen LogP contribution in [0.15, 0.2) is 21.1 Å². The zero-order valence-electron chi connectivity index (χ0n) is 10.7. The summed E-state index contributed by atoms with van der Waals surface area (Å²) in [6.07, 6.45) is 2.26. The van der Waals surface area contributed by atoms with Crippen LogP contribution in [0.2, 0.25) is 0 Å². The second kappa shape index (κ2) is 6.13. The van der Waals surface area contributed by atoms with E-state index in [-0.39, 0.29) is 17.3 Å². The Morgan fingerprint density at radius 1 is 1.35 bits per heavy atom. The molecule has 1 aromatic rings. The molecule has 1 unspecified atom stereocenters. The number of benzene rings is 1. The summed E-state index contributed by atoms with van der Waals surface area (Å²) in [4.78, 5) is 23.2. The summed E-state index contributed by atoms with van der Waals surface area (Å²) in [6, 6.07) is 2.84. The molecule has 1 saturated carbocycles. The van der Waals surface area contributed by atoms with Crippen LogP contribution >= 0.6 is 31.9 Å². The van der Waals surface area contributed by atoms with Gasteiger partial charge in [-0.3, -0.25) is 0 Å². The standard InChI is InChI=1S/C13H14Br2N2O3/c1-6(7-2-3-7)16-13(20)17-11-9(12(18)19)4-8(14)5-10(11)15/h4-7H,2-3H2,1H3,(H,18,19)(H2,16,17,20). The van der Waals surface area contributed by atoms with E-state index in [1.54, 1.807) is 6.07 Å². The van der Waals surface area contributed by atoms with Crippen molar-refractivity contribution in [2.45, 2.75) is 25.8 Å². The number of carboxylic acids is 1. The predicted octanol–water partition coefficient (Wildman–Crippen LogP) is 3.83. The first-order valence-electron chi connectivity index (χ1n) is 6.18. The van der Waals surface area contributed by atoms with Crippen molar-refractivity contribution in [1.29, 1.82) is 0 Å². The second-order valence-electron chi connectivity index (χ2n) is 4.84. The van der Waals surface area contributed by atoms with E-state index in [2.05, 4.69) is 42.5 Å². The molecule has 0 saturated heterocycles. The Hall–Kier alpha value is -1.08. The molecule has 5 nitrogen and oxygen atoms in total. The number of hydrogen-bond acceptors (Lipinski definition) is 2. The van der Waals surface area contributed by atoms with Crippen LogP contribution in [0.25, 0.3) is 0 Å². The van der Waals surface area contributed by atoms with E-state index < -0.39 is 12.0 Å². The lowest BCUT2D eigenvalue weighted by molar-refractivity contribution is 0.0698. The molecule has 7 heteroatoms. The third kappa shape index (κ3) is 3.73. The largest absolute Gasteiger partial charge is 0.478 e. The fraction of sp³-hybridized carbons (Fsp3) is 0.385. The quantitative estimate of drug-likeness (QED) is 0.712. The molecule has 0 heterocycles. The highest BCUT2D eigenvalue weighted by atomic mass is 79.9. The Balaban J connectivity index is 2.15. The van der Waals surface area contributed by atoms with Gasteiger partial charge in [-0.25, -0.2) is 9.59 Å². The molecular formula is C13H14Br2N2O3. The molecule has 1 fully saturated rings. The highest BCUT2D eigenvalue weighted by Gasteiger charge is 2.29. The van der Waals surface area contributed by atoms with Crippen LogP contribution in [0.1, 0.15) is 30.1 Å². The number of nitrogens with one attached hydrogen (secondary N) is 2. The third-order valence-electron chi connectivity index (χ3n) is 3.21. The molecule has 0 bridgehead atoms. The minimum Gasteiger partial charge on any atom is -0.478 e. The van der Waals surface area contributed by atoms with Crippen LogP contribution in [0, 0.1) is 5.92 Å². The summed E-state index contributed by atoms with van der Waals surface area (Å²) in [6.45, 7) is 1.95. The van der Waals surface area contributed by atoms with Gasteiger partial charge in [-0.1, -0.05) is 15.9 Å². The van der Waals surface area contributed by atoms with Gasteiger partial charge >= 0.3 is 12.0 Å². The van der Waals surface area contributed by atoms with E-state index in [1.165, 1.54) is 6.07 Å². The van der Waals surface area contributed by atoms with Gasteiger partial charge in [-0.05, 0) is 53.7 Å². The monoisotopic (exact) mass is 404 g/mol. The number of rotatable bonds is 4. The van der Waals surface area contributed by atoms with E-state index >= 15 is 0 Å². The Labute approximate surface area is 133 Å². The van der Waals surface area contributed by atoms with Gasteiger partial charge in [0.25, 0.3) is 0 Å². The van der Waals surface area contributed by atoms with Gasteiger partial charge < -0.3 is 15.7 Å². The first kappa shape index (κ1) is 15.3. The number of aromatic carboxylic acids is 1. The second-order valence-corrected chi connectivity index (χ2v) is 6.61. The van der Waals surface area contributed by atoms with Crippen LogP contribution in [-0.2, 0) is 0 Å². The maximum absolute atomic E-state index is 11.9. The van der Waals surface area contributed by atoms with Crippen molar-refractivity contribution < 1.29 is 14.7 Å². The summed E-state index contributed by atoms with van der Waals surface area (Å²) in [7, 11) is 0. The predicted molar refractivity (Wildman–Crippen MR) is 83.1 cm³/mol. The maximum atomic E-state index is 11.9. The molecule has 0 aromatic heterocycles. The number of amides is 2. The lowest BCUT2D eigenvalue weighted by Crippen LogP contribution is -2.37. The Morgan fingerprint density at radius 3 is 2.55 bits per heavy atom. The molecule has 108 valence electrons. The van der Waals surface area contributed by atoms with Crippen molar-refractivity contribution >= 4 is 49.5 Å². The average molecular weight is 406 g/mol. The van der Waals surface area contributed by atoms with E-state index in [1.807, 2.05) is 6.92 Å². The first-order chi connectivity index (χ1) is 9.38. The van der Waals surface area contributed by atoms with Crippen LogP contribution < -0.4 is 10.6 Å². The lowest BCUT2D eigenvalue weighted by atomic mass is 10.2. The summed E-state index contributed by atoms with van der Waals surface area (Å²) in [5.41, 5.74) is 0.279. The molecule has 1 aliphatic rings. The molecule has 2 rings (SSSR count). The minimum atomic E-state index is -1.10. The van der Waals surface area contributed by atoms with E-state index in [4.69, 9.17) is 0 Å². The number of hydrogen-bond donors (Lipinski definition) is 3. The number of carboxylic acid groups (broad SMARTS) is 1. The van der Waals surface area contributed by atoms with E-state index in [0.717, 1.165) is 12.8 Å². The van der Waals surface area contributed by atoms with Gasteiger partial charge in [0, 0.05) is 15.0 Å². The Kier molecular flexibility index (Phi) is 4.70. The molecule has 0 radical (unpaired) electrons. The average Bonchev–Trinajstić information content (AvgIpc) is 3.15. The van der Waals surface area contributed by atoms with Crippen LogP contribution in [0.5, 0.6) is 0 Å². The van der Waals surface area contributed by atoms with Crippen LogP contribution in [-0.4, -0.2) is 23.1 Å². The van der Waals surface area contributed by atoms with Gasteiger partial charge in [0.05, 0.1) is 11.3 Å². The minimum absolute atomic E-state index is 0.0282. The zero-order chi connectivity index (χ0) is 14.9. The number of halogens is 2. The SMILES string of the molecule is CC(NC(=O)Nc1c(Br)cc(Br)cc1C(=O)O)C1CC1. The number of urea groups is 1. The fourth-order valence-corrected chi connectivity index (χ4v) is 3.26. The van der Waals surface area contributed by atoms with Gasteiger partial charge in [-0.15, -0.1) is 0 Å². The van der Waals surface area contributed by atoms with Gasteiger partial charge in [0.2, 0.25) is 0 Å². The summed E-state index contributed by atoms with van der Waals surface area (Å²) >= 11 is 6.49. The van der Waals surface area contributed by atoms with Crippen LogP contribution in [0.4, 0.5) is 10.5 Å². The van der Waals surface area contributed by atoms with E-state index in [9.17, 15) is 14.7 Å². The van der Waals surface area contributed by atoms with Crippen molar-refractivity contribution in [3.8, 4) is 0 Å². The summed E-state index contributed by atoms with van der Waals surface area (Å²) in [5, 5.41) is 14.6. The topological polar surface area (TPSA) is 78.4 Å². The van der Waals surface area contributed by atoms with Crippen molar-refractivity contribution in [2.24, 2.45) is 5.92 Å². The highest BCUT2D eigenvalue weighted by molar-refractivity contribution is 9.11. The zero-order valence-corrected chi connectivity index (χ0v) is 13.9. The summed E-state index contributed by atoms with van der Waals surface area (Å²) in [5.74, 6) is -0.564. The first-order valence-corrected chi connectivity index (χ1v) is 7.77. The number of carbonyl (C=O) groups is 2. The molecule has 2 amide bonds. The highest BCUT2D eigenvalue weighted by Crippen LogP contribution is 2.33. The molecular weight excluding hydrogens is 392 g/mol. The molecule has 1 aliphatic carbocycles. The van der Waals surface area contributed by atoms with Crippen molar-refractivity contribution in [3.05, 3.63) is 26.6 Å². The molecule has 0 spiro atoms. The Bertz CT molecular complexity index is 559. The van der Waals surface area contributed by atoms with E-state index in [0.29, 0.717) is 14.9 Å². The molecule has 0 aliphatic heterocycles. The molecule has 1 atom stereocenters. The smallest absolute Gasteiger partial charge is 0.337 e. The number of anilines is 1. The van der Waals surface area contributed by atoms with Crippen molar-refractivity contribution in [1.82, 2.24) is 5.32 Å². The molecule has 3 N–H and O–H groups in total.